The van der Waals surface area contributed by atoms with E-state index in [1.807, 2.05) is 41.4 Å². The Morgan fingerprint density at radius 2 is 2.19 bits per heavy atom. The van der Waals surface area contributed by atoms with Crippen LogP contribution >= 0.6 is 11.6 Å². The average molecular weight is 388 g/mol. The molecule has 5 nitrogen and oxygen atoms in total. The van der Waals surface area contributed by atoms with Crippen LogP contribution in [-0.4, -0.2) is 53.5 Å². The van der Waals surface area contributed by atoms with Crippen LogP contribution in [0.15, 0.2) is 48.8 Å². The number of hydrogen-bond acceptors (Lipinski definition) is 4. The van der Waals surface area contributed by atoms with Gasteiger partial charge < -0.3 is 9.64 Å². The molecule has 1 fully saturated rings. The number of hydrogen-bond donors (Lipinski definition) is 0. The van der Waals surface area contributed by atoms with E-state index in [0.29, 0.717) is 6.54 Å². The minimum atomic E-state index is 0.0240. The van der Waals surface area contributed by atoms with Crippen LogP contribution < -0.4 is 0 Å². The predicted molar refractivity (Wildman–Crippen MR) is 106 cm³/mol. The second-order valence-electron chi connectivity index (χ2n) is 6.98. The zero-order valence-corrected chi connectivity index (χ0v) is 16.4. The standard InChI is InChI=1S/C21H26ClN3O2/c1-27-16-21(26)25(14-18-6-3-9-23-12-18)20-8-4-10-24(15-20)13-17-5-2-7-19(22)11-17/h2-3,5-7,9,11-12,20H,4,8,10,13-16H2,1H3. The van der Waals surface area contributed by atoms with Crippen molar-refractivity contribution in [3.05, 3.63) is 64.9 Å². The predicted octanol–water partition coefficient (Wildman–Crippen LogP) is 3.37. The van der Waals surface area contributed by atoms with Crippen molar-refractivity contribution in [2.24, 2.45) is 0 Å². The fraction of sp³-hybridized carbons (Fsp3) is 0.429. The number of piperidine rings is 1. The molecular weight excluding hydrogens is 362 g/mol. The van der Waals surface area contributed by atoms with E-state index < -0.39 is 0 Å². The number of rotatable bonds is 7. The number of nitrogens with zero attached hydrogens (tertiary/aromatic N) is 3. The van der Waals surface area contributed by atoms with Crippen molar-refractivity contribution in [3.8, 4) is 0 Å². The lowest BCUT2D eigenvalue weighted by atomic mass is 10.0. The molecule has 1 saturated heterocycles. The number of carbonyl (C=O) groups is 1. The van der Waals surface area contributed by atoms with Gasteiger partial charge in [0.25, 0.3) is 0 Å². The molecule has 0 radical (unpaired) electrons. The Labute approximate surface area is 165 Å². The van der Waals surface area contributed by atoms with Crippen LogP contribution in [-0.2, 0) is 22.6 Å². The summed E-state index contributed by atoms with van der Waals surface area (Å²) in [5.41, 5.74) is 2.24. The third kappa shape index (κ3) is 5.76. The number of carbonyl (C=O) groups excluding carboxylic acids is 1. The van der Waals surface area contributed by atoms with Crippen LogP contribution in [0.25, 0.3) is 0 Å². The van der Waals surface area contributed by atoms with Crippen molar-refractivity contribution in [1.82, 2.24) is 14.8 Å². The minimum absolute atomic E-state index is 0.0240. The number of amides is 1. The molecule has 1 amide bonds. The van der Waals surface area contributed by atoms with Gasteiger partial charge in [-0.25, -0.2) is 0 Å². The topological polar surface area (TPSA) is 45.7 Å². The maximum absolute atomic E-state index is 12.7. The third-order valence-corrected chi connectivity index (χ3v) is 5.12. The van der Waals surface area contributed by atoms with Crippen LogP contribution in [0.5, 0.6) is 0 Å². The highest BCUT2D eigenvalue weighted by molar-refractivity contribution is 6.30. The first-order chi connectivity index (χ1) is 13.2. The zero-order valence-electron chi connectivity index (χ0n) is 15.7. The lowest BCUT2D eigenvalue weighted by molar-refractivity contribution is -0.139. The van der Waals surface area contributed by atoms with Crippen LogP contribution in [0.4, 0.5) is 0 Å². The van der Waals surface area contributed by atoms with Gasteiger partial charge in [-0.1, -0.05) is 29.8 Å². The molecule has 1 aliphatic rings. The fourth-order valence-electron chi connectivity index (χ4n) is 3.64. The van der Waals surface area contributed by atoms with E-state index in [1.54, 1.807) is 13.3 Å². The van der Waals surface area contributed by atoms with Crippen LogP contribution in [0.2, 0.25) is 5.02 Å². The number of benzene rings is 1. The number of likely N-dealkylation sites (tertiary alicyclic amines) is 1. The van der Waals surface area contributed by atoms with E-state index in [4.69, 9.17) is 16.3 Å². The number of methoxy groups -OCH3 is 1. The molecule has 0 aliphatic carbocycles. The fourth-order valence-corrected chi connectivity index (χ4v) is 3.85. The molecule has 2 heterocycles. The second kappa shape index (κ2) is 9.83. The Morgan fingerprint density at radius 3 is 2.93 bits per heavy atom. The highest BCUT2D eigenvalue weighted by Gasteiger charge is 2.28. The first-order valence-corrected chi connectivity index (χ1v) is 9.67. The highest BCUT2D eigenvalue weighted by atomic mass is 35.5. The van der Waals surface area contributed by atoms with Crippen molar-refractivity contribution in [2.75, 3.05) is 26.8 Å². The monoisotopic (exact) mass is 387 g/mol. The summed E-state index contributed by atoms with van der Waals surface area (Å²) in [6, 6.07) is 12.1. The normalized spacial score (nSPS) is 17.6. The SMILES string of the molecule is COCC(=O)N(Cc1cccnc1)C1CCCN(Cc2cccc(Cl)c2)C1. The largest absolute Gasteiger partial charge is 0.375 e. The molecule has 6 heteroatoms. The van der Waals surface area contributed by atoms with Gasteiger partial charge in [0.2, 0.25) is 5.91 Å². The molecule has 1 atom stereocenters. The molecule has 1 aromatic carbocycles. The molecule has 1 aromatic heterocycles. The summed E-state index contributed by atoms with van der Waals surface area (Å²) in [4.78, 5) is 21.2. The van der Waals surface area contributed by atoms with Gasteiger partial charge in [-0.2, -0.15) is 0 Å². The van der Waals surface area contributed by atoms with Crippen molar-refractivity contribution in [1.29, 1.82) is 0 Å². The Kier molecular flexibility index (Phi) is 7.21. The quantitative estimate of drug-likeness (QED) is 0.730. The van der Waals surface area contributed by atoms with Crippen molar-refractivity contribution >= 4 is 17.5 Å². The molecule has 0 N–H and O–H groups in total. The summed E-state index contributed by atoms with van der Waals surface area (Å²) in [6.45, 7) is 3.39. The van der Waals surface area contributed by atoms with Crippen LogP contribution in [0.1, 0.15) is 24.0 Å². The number of aromatic nitrogens is 1. The van der Waals surface area contributed by atoms with E-state index in [2.05, 4.69) is 16.0 Å². The Morgan fingerprint density at radius 1 is 1.33 bits per heavy atom. The first-order valence-electron chi connectivity index (χ1n) is 9.30. The van der Waals surface area contributed by atoms with Gasteiger partial charge in [0.15, 0.2) is 0 Å². The minimum Gasteiger partial charge on any atom is -0.375 e. The summed E-state index contributed by atoms with van der Waals surface area (Å²) >= 11 is 6.12. The smallest absolute Gasteiger partial charge is 0.249 e. The molecular formula is C21H26ClN3O2. The van der Waals surface area contributed by atoms with E-state index in [9.17, 15) is 4.79 Å². The Hall–Kier alpha value is -1.95. The van der Waals surface area contributed by atoms with Gasteiger partial charge in [-0.15, -0.1) is 0 Å². The molecule has 144 valence electrons. The van der Waals surface area contributed by atoms with Crippen molar-refractivity contribution in [3.63, 3.8) is 0 Å². The molecule has 1 unspecified atom stereocenters. The lowest BCUT2D eigenvalue weighted by Gasteiger charge is -2.39. The van der Waals surface area contributed by atoms with E-state index in [0.717, 1.165) is 43.1 Å². The third-order valence-electron chi connectivity index (χ3n) is 4.88. The number of pyridine rings is 1. The lowest BCUT2D eigenvalue weighted by Crippen LogP contribution is -2.50. The van der Waals surface area contributed by atoms with Gasteiger partial charge in [0.05, 0.1) is 0 Å². The molecule has 1 aliphatic heterocycles. The van der Waals surface area contributed by atoms with E-state index >= 15 is 0 Å². The summed E-state index contributed by atoms with van der Waals surface area (Å²) in [7, 11) is 1.56. The van der Waals surface area contributed by atoms with E-state index in [-0.39, 0.29) is 18.6 Å². The second-order valence-corrected chi connectivity index (χ2v) is 7.41. The van der Waals surface area contributed by atoms with Gasteiger partial charge >= 0.3 is 0 Å². The summed E-state index contributed by atoms with van der Waals surface area (Å²) in [6.07, 6.45) is 5.63. The number of ether oxygens (including phenoxy) is 1. The van der Waals surface area contributed by atoms with Crippen molar-refractivity contribution in [2.45, 2.75) is 32.0 Å². The highest BCUT2D eigenvalue weighted by Crippen LogP contribution is 2.21. The summed E-state index contributed by atoms with van der Waals surface area (Å²) in [5.74, 6) is 0.0240. The Bertz CT molecular complexity index is 741. The van der Waals surface area contributed by atoms with Gasteiger partial charge in [-0.05, 0) is 48.7 Å². The first kappa shape index (κ1) is 19.8. The van der Waals surface area contributed by atoms with Crippen LogP contribution in [0.3, 0.4) is 0 Å². The van der Waals surface area contributed by atoms with Crippen LogP contribution in [0, 0.1) is 0 Å². The molecule has 0 bridgehead atoms. The molecule has 27 heavy (non-hydrogen) atoms. The maximum Gasteiger partial charge on any atom is 0.249 e. The van der Waals surface area contributed by atoms with E-state index in [1.165, 1.54) is 5.56 Å². The molecule has 2 aromatic rings. The van der Waals surface area contributed by atoms with Crippen molar-refractivity contribution < 1.29 is 9.53 Å². The van der Waals surface area contributed by atoms with Gasteiger partial charge in [0, 0.05) is 50.2 Å². The summed E-state index contributed by atoms with van der Waals surface area (Å²) < 4.78 is 5.11. The Balaban J connectivity index is 1.70. The average Bonchev–Trinajstić information content (AvgIpc) is 2.67. The number of halogens is 1. The molecule has 0 spiro atoms. The summed E-state index contributed by atoms with van der Waals surface area (Å²) in [5, 5.41) is 0.759. The maximum atomic E-state index is 12.7. The van der Waals surface area contributed by atoms with Gasteiger partial charge in [0.1, 0.15) is 6.61 Å². The molecule has 3 rings (SSSR count). The molecule has 0 saturated carbocycles. The van der Waals surface area contributed by atoms with Gasteiger partial charge in [-0.3, -0.25) is 14.7 Å². The zero-order chi connectivity index (χ0) is 19.1.